The first-order valence-corrected chi connectivity index (χ1v) is 8.50. The Labute approximate surface area is 143 Å². The second-order valence-electron chi connectivity index (χ2n) is 5.70. The zero-order valence-electron chi connectivity index (χ0n) is 12.7. The molecule has 3 aromatic rings. The maximum atomic E-state index is 5.85. The fourth-order valence-corrected chi connectivity index (χ4v) is 3.06. The summed E-state index contributed by atoms with van der Waals surface area (Å²) in [4.78, 5) is 13.6. The second kappa shape index (κ2) is 6.29. The Morgan fingerprint density at radius 1 is 1.04 bits per heavy atom. The van der Waals surface area contributed by atoms with E-state index < -0.39 is 0 Å². The number of halogens is 1. The quantitative estimate of drug-likeness (QED) is 0.705. The predicted octanol–water partition coefficient (Wildman–Crippen LogP) is 3.31. The number of rotatable bonds is 3. The normalized spacial score (nSPS) is 16.1. The third-order valence-electron chi connectivity index (χ3n) is 4.10. The number of anilines is 1. The number of hydrogen-bond donors (Lipinski definition) is 0. The van der Waals surface area contributed by atoms with Crippen molar-refractivity contribution < 1.29 is 4.42 Å². The van der Waals surface area contributed by atoms with E-state index in [1.807, 2.05) is 36.5 Å². The van der Waals surface area contributed by atoms with Crippen LogP contribution >= 0.6 is 15.9 Å². The van der Waals surface area contributed by atoms with E-state index in [9.17, 15) is 0 Å². The maximum Gasteiger partial charge on any atom is 0.298 e. The number of oxazole rings is 1. The summed E-state index contributed by atoms with van der Waals surface area (Å²) in [5.74, 6) is 0. The van der Waals surface area contributed by atoms with Gasteiger partial charge < -0.3 is 9.32 Å². The topological polar surface area (TPSA) is 45.4 Å². The van der Waals surface area contributed by atoms with Crippen LogP contribution in [0.2, 0.25) is 0 Å². The Balaban J connectivity index is 1.39. The summed E-state index contributed by atoms with van der Waals surface area (Å²) < 4.78 is 6.87. The molecule has 1 aliphatic heterocycles. The van der Waals surface area contributed by atoms with Gasteiger partial charge in [-0.2, -0.15) is 4.98 Å². The molecule has 0 amide bonds. The molecule has 2 aromatic heterocycles. The summed E-state index contributed by atoms with van der Waals surface area (Å²) in [6, 6.07) is 12.7. The van der Waals surface area contributed by atoms with Crippen molar-refractivity contribution in [2.45, 2.75) is 6.54 Å². The third kappa shape index (κ3) is 3.23. The fraction of sp³-hybridized carbons (Fsp3) is 0.294. The number of aromatic nitrogens is 2. The van der Waals surface area contributed by atoms with Gasteiger partial charge in [-0.05, 0) is 40.2 Å². The number of fused-ring (bicyclic) bond motifs is 1. The van der Waals surface area contributed by atoms with Crippen molar-refractivity contribution >= 4 is 33.0 Å². The molecule has 1 aliphatic rings. The first-order valence-electron chi connectivity index (χ1n) is 7.71. The molecule has 0 radical (unpaired) electrons. The number of piperazine rings is 1. The minimum absolute atomic E-state index is 0.729. The lowest BCUT2D eigenvalue weighted by molar-refractivity contribution is 0.243. The highest BCUT2D eigenvalue weighted by molar-refractivity contribution is 9.10. The Morgan fingerprint density at radius 2 is 1.87 bits per heavy atom. The molecule has 4 rings (SSSR count). The van der Waals surface area contributed by atoms with Gasteiger partial charge in [0.2, 0.25) is 0 Å². The lowest BCUT2D eigenvalue weighted by Crippen LogP contribution is -2.46. The van der Waals surface area contributed by atoms with Crippen LogP contribution in [0.25, 0.3) is 11.1 Å². The fourth-order valence-electron chi connectivity index (χ4n) is 2.82. The molecule has 0 aliphatic carbocycles. The van der Waals surface area contributed by atoms with E-state index in [-0.39, 0.29) is 0 Å². The van der Waals surface area contributed by atoms with Crippen LogP contribution in [0.15, 0.2) is 51.5 Å². The first-order chi connectivity index (χ1) is 11.3. The average Bonchev–Trinajstić information content (AvgIpc) is 3.02. The standard InChI is InChI=1S/C17H17BrN4O/c18-13-5-6-14(19-11-13)12-21-7-9-22(10-8-21)17-20-15-3-1-2-4-16(15)23-17/h1-6,11H,7-10,12H2. The molecule has 23 heavy (non-hydrogen) atoms. The molecule has 3 heterocycles. The van der Waals surface area contributed by atoms with Crippen molar-refractivity contribution in [3.8, 4) is 0 Å². The number of para-hydroxylation sites is 2. The van der Waals surface area contributed by atoms with Gasteiger partial charge in [0.25, 0.3) is 6.01 Å². The molecule has 1 saturated heterocycles. The highest BCUT2D eigenvalue weighted by Gasteiger charge is 2.21. The van der Waals surface area contributed by atoms with Gasteiger partial charge in [0.05, 0.1) is 5.69 Å². The van der Waals surface area contributed by atoms with E-state index in [1.165, 1.54) is 0 Å². The van der Waals surface area contributed by atoms with E-state index in [0.29, 0.717) is 0 Å². The second-order valence-corrected chi connectivity index (χ2v) is 6.61. The first kappa shape index (κ1) is 14.7. The number of benzene rings is 1. The molecule has 0 saturated carbocycles. The van der Waals surface area contributed by atoms with Crippen LogP contribution in [0, 0.1) is 0 Å². The highest BCUT2D eigenvalue weighted by Crippen LogP contribution is 2.22. The molecule has 0 spiro atoms. The minimum atomic E-state index is 0.729. The van der Waals surface area contributed by atoms with Crippen molar-refractivity contribution in [2.75, 3.05) is 31.1 Å². The lowest BCUT2D eigenvalue weighted by Gasteiger charge is -2.33. The monoisotopic (exact) mass is 372 g/mol. The van der Waals surface area contributed by atoms with Gasteiger partial charge in [-0.15, -0.1) is 0 Å². The van der Waals surface area contributed by atoms with Gasteiger partial charge in [-0.1, -0.05) is 12.1 Å². The molecule has 0 bridgehead atoms. The molecule has 0 N–H and O–H groups in total. The smallest absolute Gasteiger partial charge is 0.298 e. The summed E-state index contributed by atoms with van der Waals surface area (Å²) in [6.07, 6.45) is 1.85. The van der Waals surface area contributed by atoms with E-state index in [1.54, 1.807) is 0 Å². The van der Waals surface area contributed by atoms with Crippen LogP contribution in [-0.4, -0.2) is 41.0 Å². The van der Waals surface area contributed by atoms with Gasteiger partial charge in [-0.25, -0.2) is 0 Å². The molecule has 5 nitrogen and oxygen atoms in total. The molecule has 118 valence electrons. The Hall–Kier alpha value is -1.92. The van der Waals surface area contributed by atoms with E-state index >= 15 is 0 Å². The van der Waals surface area contributed by atoms with Gasteiger partial charge >= 0.3 is 0 Å². The number of hydrogen-bond acceptors (Lipinski definition) is 5. The van der Waals surface area contributed by atoms with Crippen LogP contribution in [0.1, 0.15) is 5.69 Å². The summed E-state index contributed by atoms with van der Waals surface area (Å²) in [6.45, 7) is 4.69. The molecule has 1 fully saturated rings. The summed E-state index contributed by atoms with van der Waals surface area (Å²) in [7, 11) is 0. The largest absolute Gasteiger partial charge is 0.423 e. The Bertz CT molecular complexity index is 761. The van der Waals surface area contributed by atoms with Gasteiger partial charge in [0, 0.05) is 43.4 Å². The summed E-state index contributed by atoms with van der Waals surface area (Å²) >= 11 is 3.42. The van der Waals surface area contributed by atoms with E-state index in [4.69, 9.17) is 4.42 Å². The summed E-state index contributed by atoms with van der Waals surface area (Å²) in [5.41, 5.74) is 2.87. The van der Waals surface area contributed by atoms with Crippen LogP contribution < -0.4 is 4.90 Å². The number of nitrogens with zero attached hydrogens (tertiary/aromatic N) is 4. The Kier molecular flexibility index (Phi) is 4.01. The van der Waals surface area contributed by atoms with Crippen molar-refractivity contribution in [2.24, 2.45) is 0 Å². The van der Waals surface area contributed by atoms with Crippen LogP contribution in [0.5, 0.6) is 0 Å². The molecule has 0 unspecified atom stereocenters. The zero-order chi connectivity index (χ0) is 15.6. The molecular formula is C17H17BrN4O. The highest BCUT2D eigenvalue weighted by atomic mass is 79.9. The number of pyridine rings is 1. The van der Waals surface area contributed by atoms with Crippen molar-refractivity contribution in [3.63, 3.8) is 0 Å². The average molecular weight is 373 g/mol. The Morgan fingerprint density at radius 3 is 2.61 bits per heavy atom. The van der Waals surface area contributed by atoms with Crippen molar-refractivity contribution in [3.05, 3.63) is 52.8 Å². The molecule has 1 aromatic carbocycles. The van der Waals surface area contributed by atoms with Gasteiger partial charge in [-0.3, -0.25) is 9.88 Å². The van der Waals surface area contributed by atoms with Crippen molar-refractivity contribution in [1.82, 2.24) is 14.9 Å². The third-order valence-corrected chi connectivity index (χ3v) is 4.57. The zero-order valence-corrected chi connectivity index (χ0v) is 14.2. The summed E-state index contributed by atoms with van der Waals surface area (Å²) in [5, 5.41) is 0. The van der Waals surface area contributed by atoms with Crippen molar-refractivity contribution in [1.29, 1.82) is 0 Å². The van der Waals surface area contributed by atoms with E-state index in [0.717, 1.165) is 60.0 Å². The van der Waals surface area contributed by atoms with Gasteiger partial charge in [0.1, 0.15) is 5.52 Å². The van der Waals surface area contributed by atoms with Gasteiger partial charge in [0.15, 0.2) is 5.58 Å². The van der Waals surface area contributed by atoms with E-state index in [2.05, 4.69) is 41.8 Å². The van der Waals surface area contributed by atoms with Crippen LogP contribution in [0.3, 0.4) is 0 Å². The molecule has 6 heteroatoms. The molecule has 0 atom stereocenters. The minimum Gasteiger partial charge on any atom is -0.423 e. The SMILES string of the molecule is Brc1ccc(CN2CCN(c3nc4ccccc4o3)CC2)nc1. The molecular weight excluding hydrogens is 356 g/mol. The van der Waals surface area contributed by atoms with Crippen LogP contribution in [0.4, 0.5) is 6.01 Å². The van der Waals surface area contributed by atoms with Crippen LogP contribution in [-0.2, 0) is 6.54 Å². The maximum absolute atomic E-state index is 5.85. The predicted molar refractivity (Wildman–Crippen MR) is 93.4 cm³/mol. The lowest BCUT2D eigenvalue weighted by atomic mass is 10.3.